The fourth-order valence-corrected chi connectivity index (χ4v) is 6.12. The van der Waals surface area contributed by atoms with Gasteiger partial charge in [-0.15, -0.1) is 5.11 Å². The number of aryl methyl sites for hydroxylation is 2. The van der Waals surface area contributed by atoms with Crippen LogP contribution in [0, 0.1) is 13.8 Å². The van der Waals surface area contributed by atoms with Gasteiger partial charge in [-0.1, -0.05) is 23.3 Å². The molecular formula is C29H27N7Na2O8S2. The molecule has 0 radical (unpaired) electrons. The Morgan fingerprint density at radius 1 is 0.875 bits per heavy atom. The number of carbonyl (C=O) groups is 1. The molecule has 0 aliphatic rings. The van der Waals surface area contributed by atoms with Crippen LogP contribution in [0.3, 0.4) is 0 Å². The predicted molar refractivity (Wildman–Crippen MR) is 168 cm³/mol. The number of azo groups is 1. The van der Waals surface area contributed by atoms with E-state index in [0.717, 1.165) is 28.8 Å². The molecule has 48 heavy (non-hydrogen) atoms. The standard InChI is InChI=1S/C29H29N7O8S2.2Na/c1-16-13-18(6-9-21(16)33-26(37)5-3-4-12-32-36-31)19-7-10-22(17(2)14-19)34-35-23-11-8-20-24(45(39,40)41)15-25(46(42,43)44)28(30)27(20)29(23)38;;/h6-11,13-15,38H,3-5,12,30H2,1-2H3,(H,33,37)(H,39,40,41)(H,42,43,44);;/q;2*+1/p-2. The number of aromatic hydroxyl groups is 1. The Hall–Kier alpha value is -3.06. The number of amides is 1. The fraction of sp³-hybridized carbons (Fsp3) is 0.207. The molecule has 4 aromatic carbocycles. The van der Waals surface area contributed by atoms with Crippen molar-refractivity contribution in [2.75, 3.05) is 17.6 Å². The molecule has 0 saturated carbocycles. The zero-order valence-corrected chi connectivity index (χ0v) is 32.1. The van der Waals surface area contributed by atoms with Crippen LogP contribution >= 0.6 is 0 Å². The Balaban J connectivity index is 0.00000400. The van der Waals surface area contributed by atoms with Gasteiger partial charge in [-0.2, -0.15) is 5.11 Å². The van der Waals surface area contributed by atoms with Crippen molar-refractivity contribution in [1.29, 1.82) is 0 Å². The Morgan fingerprint density at radius 2 is 1.46 bits per heavy atom. The van der Waals surface area contributed by atoms with E-state index in [2.05, 4.69) is 25.6 Å². The minimum Gasteiger partial charge on any atom is -0.744 e. The number of unbranched alkanes of at least 4 members (excludes halogenated alkanes) is 1. The van der Waals surface area contributed by atoms with Crippen LogP contribution in [-0.2, 0) is 25.0 Å². The van der Waals surface area contributed by atoms with Crippen LogP contribution in [0.15, 0.2) is 79.7 Å². The number of phenols is 1. The van der Waals surface area contributed by atoms with Gasteiger partial charge < -0.3 is 25.3 Å². The van der Waals surface area contributed by atoms with E-state index in [0.29, 0.717) is 48.8 Å². The first-order valence-corrected chi connectivity index (χ1v) is 16.4. The summed E-state index contributed by atoms with van der Waals surface area (Å²) in [5.41, 5.74) is 17.5. The number of nitrogens with zero attached hydrogens (tertiary/aromatic N) is 5. The summed E-state index contributed by atoms with van der Waals surface area (Å²) in [6.45, 7) is 3.98. The number of nitrogens with two attached hydrogens (primary N) is 1. The average molecular weight is 712 g/mol. The van der Waals surface area contributed by atoms with Gasteiger partial charge in [0.25, 0.3) is 0 Å². The van der Waals surface area contributed by atoms with Crippen LogP contribution in [0.2, 0.25) is 0 Å². The van der Waals surface area contributed by atoms with E-state index < -0.39 is 46.9 Å². The fourth-order valence-electron chi connectivity index (χ4n) is 4.71. The van der Waals surface area contributed by atoms with Crippen molar-refractivity contribution in [2.24, 2.45) is 15.3 Å². The first kappa shape index (κ1) is 41.1. The number of fused-ring (bicyclic) bond motifs is 1. The third kappa shape index (κ3) is 9.77. The van der Waals surface area contributed by atoms with Gasteiger partial charge in [0.1, 0.15) is 25.9 Å². The van der Waals surface area contributed by atoms with Crippen molar-refractivity contribution in [2.45, 2.75) is 42.9 Å². The van der Waals surface area contributed by atoms with Gasteiger partial charge in [-0.25, -0.2) is 16.8 Å². The van der Waals surface area contributed by atoms with E-state index in [1.54, 1.807) is 25.1 Å². The minimum atomic E-state index is -5.32. The van der Waals surface area contributed by atoms with E-state index in [1.807, 2.05) is 25.1 Å². The zero-order chi connectivity index (χ0) is 33.8. The molecule has 0 saturated heterocycles. The van der Waals surface area contributed by atoms with Crippen molar-refractivity contribution in [3.05, 3.63) is 76.2 Å². The molecule has 0 atom stereocenters. The largest absolute Gasteiger partial charge is 1.00 e. The number of rotatable bonds is 11. The maximum Gasteiger partial charge on any atom is 1.00 e. The van der Waals surface area contributed by atoms with Crippen molar-refractivity contribution in [3.63, 3.8) is 0 Å². The second kappa shape index (κ2) is 17.0. The second-order valence-electron chi connectivity index (χ2n) is 10.2. The molecule has 240 valence electrons. The summed E-state index contributed by atoms with van der Waals surface area (Å²) in [4.78, 5) is 12.8. The van der Waals surface area contributed by atoms with Crippen molar-refractivity contribution in [3.8, 4) is 16.9 Å². The van der Waals surface area contributed by atoms with Gasteiger partial charge in [0.2, 0.25) is 5.91 Å². The molecule has 4 rings (SSSR count). The van der Waals surface area contributed by atoms with Gasteiger partial charge in [0, 0.05) is 29.0 Å². The molecule has 0 spiro atoms. The number of nitrogens with one attached hydrogen (secondary N) is 1. The van der Waals surface area contributed by atoms with Crippen molar-refractivity contribution >= 4 is 59.7 Å². The summed E-state index contributed by atoms with van der Waals surface area (Å²) < 4.78 is 70.5. The molecule has 0 bridgehead atoms. The Labute approximate surface area is 320 Å². The SMILES string of the molecule is Cc1cc(-c2ccc(NC(=O)CCCCN=[N+]=[N-])c(C)c2)ccc1N=Nc1ccc2c(S(=O)(=O)[O-])cc(S(=O)(=O)[O-])c(N)c2c1O.[Na+].[Na+]. The van der Waals surface area contributed by atoms with Crippen LogP contribution in [-0.4, -0.2) is 43.5 Å². The van der Waals surface area contributed by atoms with E-state index in [4.69, 9.17) is 11.3 Å². The van der Waals surface area contributed by atoms with Crippen LogP contribution in [0.25, 0.3) is 32.3 Å². The molecule has 0 aromatic heterocycles. The summed E-state index contributed by atoms with van der Waals surface area (Å²) in [7, 11) is -10.6. The molecule has 0 aliphatic heterocycles. The normalized spacial score (nSPS) is 11.4. The Kier molecular flexibility index (Phi) is 14.6. The third-order valence-corrected chi connectivity index (χ3v) is 8.78. The number of azide groups is 1. The number of hydrogen-bond donors (Lipinski definition) is 3. The van der Waals surface area contributed by atoms with Gasteiger partial charge in [-0.3, -0.25) is 4.79 Å². The Morgan fingerprint density at radius 3 is 2.04 bits per heavy atom. The minimum absolute atomic E-state index is 0. The average Bonchev–Trinajstić information content (AvgIpc) is 2.97. The number of hydrogen-bond acceptors (Lipinski definition) is 12. The molecule has 0 aliphatic carbocycles. The number of carbonyl (C=O) groups excluding carboxylic acids is 1. The van der Waals surface area contributed by atoms with Crippen molar-refractivity contribution < 1.29 is 95.0 Å². The summed E-state index contributed by atoms with van der Waals surface area (Å²) >= 11 is 0. The second-order valence-corrected chi connectivity index (χ2v) is 12.9. The first-order chi connectivity index (χ1) is 21.6. The molecule has 1 amide bonds. The van der Waals surface area contributed by atoms with E-state index in [1.165, 1.54) is 0 Å². The predicted octanol–water partition coefficient (Wildman–Crippen LogP) is 0.0621. The van der Waals surface area contributed by atoms with Crippen LogP contribution in [0.5, 0.6) is 5.75 Å². The number of nitrogen functional groups attached to an aromatic ring is 1. The number of anilines is 2. The summed E-state index contributed by atoms with van der Waals surface area (Å²) in [5.74, 6) is -0.923. The van der Waals surface area contributed by atoms with Crippen LogP contribution in [0.1, 0.15) is 30.4 Å². The molecule has 19 heteroatoms. The third-order valence-electron chi connectivity index (χ3n) is 7.03. The zero-order valence-electron chi connectivity index (χ0n) is 26.5. The van der Waals surface area contributed by atoms with Crippen molar-refractivity contribution in [1.82, 2.24) is 0 Å². The molecule has 4 N–H and O–H groups in total. The number of phenolic OH excluding ortho intramolecular Hbond substituents is 1. The quantitative estimate of drug-likeness (QED) is 0.0361. The molecule has 15 nitrogen and oxygen atoms in total. The van der Waals surface area contributed by atoms with Gasteiger partial charge in [0.15, 0.2) is 5.75 Å². The summed E-state index contributed by atoms with van der Waals surface area (Å²) in [6.07, 6.45) is 1.51. The summed E-state index contributed by atoms with van der Waals surface area (Å²) in [6, 6.07) is 13.5. The maximum absolute atomic E-state index is 12.3. The number of benzene rings is 4. The van der Waals surface area contributed by atoms with Crippen LogP contribution < -0.4 is 70.2 Å². The van der Waals surface area contributed by atoms with Crippen LogP contribution in [0.4, 0.5) is 22.7 Å². The maximum atomic E-state index is 12.3. The van der Waals surface area contributed by atoms with Gasteiger partial charge in [-0.05, 0) is 90.9 Å². The molecule has 4 aromatic rings. The van der Waals surface area contributed by atoms with E-state index in [-0.39, 0.29) is 76.1 Å². The topological polar surface area (TPSA) is 263 Å². The molecule has 0 unspecified atom stereocenters. The van der Waals surface area contributed by atoms with E-state index >= 15 is 0 Å². The monoisotopic (exact) mass is 711 g/mol. The summed E-state index contributed by atoms with van der Waals surface area (Å²) in [5, 5.41) is 24.4. The van der Waals surface area contributed by atoms with Gasteiger partial charge in [0.05, 0.1) is 26.6 Å². The Bertz CT molecular complexity index is 2170. The molecular weight excluding hydrogens is 684 g/mol. The molecule has 0 heterocycles. The molecule has 0 fully saturated rings. The smallest absolute Gasteiger partial charge is 0.744 e. The first-order valence-electron chi connectivity index (χ1n) is 13.6. The van der Waals surface area contributed by atoms with E-state index in [9.17, 15) is 35.8 Å². The van der Waals surface area contributed by atoms with Gasteiger partial charge >= 0.3 is 59.1 Å².